The van der Waals surface area contributed by atoms with Crippen LogP contribution < -0.4 is 5.32 Å². The standard InChI is InChI=1S/C14H26N2O.ClH/c1-3-14(4-2)8-10-16(11-14)13(17)12-7-5-6-9-15-12;/h12,15H,3-11H2,1-2H3;1H/t12-;/m1./s1. The van der Waals surface area contributed by atoms with Gasteiger partial charge < -0.3 is 10.2 Å². The highest BCUT2D eigenvalue weighted by Crippen LogP contribution is 2.37. The second-order valence-corrected chi connectivity index (χ2v) is 5.72. The van der Waals surface area contributed by atoms with Gasteiger partial charge in [0.1, 0.15) is 0 Å². The zero-order valence-corrected chi connectivity index (χ0v) is 12.5. The van der Waals surface area contributed by atoms with E-state index in [9.17, 15) is 4.79 Å². The predicted molar refractivity (Wildman–Crippen MR) is 77.1 cm³/mol. The van der Waals surface area contributed by atoms with Crippen LogP contribution in [0.4, 0.5) is 0 Å². The molecule has 1 N–H and O–H groups in total. The van der Waals surface area contributed by atoms with Crippen LogP contribution >= 0.6 is 12.4 Å². The molecule has 2 rings (SSSR count). The molecule has 0 bridgehead atoms. The van der Waals surface area contributed by atoms with Crippen LogP contribution in [0.5, 0.6) is 0 Å². The minimum Gasteiger partial charge on any atom is -0.341 e. The lowest BCUT2D eigenvalue weighted by molar-refractivity contribution is -0.133. The molecule has 0 radical (unpaired) electrons. The van der Waals surface area contributed by atoms with Crippen molar-refractivity contribution in [1.82, 2.24) is 10.2 Å². The Bertz CT molecular complexity index is 273. The van der Waals surface area contributed by atoms with Gasteiger partial charge >= 0.3 is 0 Å². The Kier molecular flexibility index (Phi) is 5.93. The third-order valence-electron chi connectivity index (χ3n) is 4.86. The molecule has 1 amide bonds. The number of carbonyl (C=O) groups excluding carboxylic acids is 1. The van der Waals surface area contributed by atoms with Crippen molar-refractivity contribution >= 4 is 18.3 Å². The SMILES string of the molecule is CCC1(CC)CCN(C(=O)[C@H]2CCCCN2)C1.Cl. The lowest BCUT2D eigenvalue weighted by Crippen LogP contribution is -2.48. The van der Waals surface area contributed by atoms with Crippen LogP contribution in [0, 0.1) is 5.41 Å². The van der Waals surface area contributed by atoms with E-state index in [0.717, 1.165) is 26.1 Å². The van der Waals surface area contributed by atoms with Crippen LogP contribution in [0.25, 0.3) is 0 Å². The summed E-state index contributed by atoms with van der Waals surface area (Å²) < 4.78 is 0. The van der Waals surface area contributed by atoms with Crippen LogP contribution in [0.2, 0.25) is 0 Å². The molecule has 1 atom stereocenters. The Hall–Kier alpha value is -0.280. The molecule has 106 valence electrons. The zero-order valence-electron chi connectivity index (χ0n) is 11.7. The maximum atomic E-state index is 12.4. The summed E-state index contributed by atoms with van der Waals surface area (Å²) in [7, 11) is 0. The summed E-state index contributed by atoms with van der Waals surface area (Å²) in [6, 6.07) is 0.105. The van der Waals surface area contributed by atoms with Gasteiger partial charge in [-0.1, -0.05) is 20.3 Å². The van der Waals surface area contributed by atoms with Gasteiger partial charge in [-0.2, -0.15) is 0 Å². The third-order valence-corrected chi connectivity index (χ3v) is 4.86. The first-order chi connectivity index (χ1) is 8.21. The van der Waals surface area contributed by atoms with E-state index in [0.29, 0.717) is 11.3 Å². The highest BCUT2D eigenvalue weighted by atomic mass is 35.5. The number of amides is 1. The minimum absolute atomic E-state index is 0. The van der Waals surface area contributed by atoms with E-state index in [1.807, 2.05) is 0 Å². The van der Waals surface area contributed by atoms with Crippen molar-refractivity contribution in [3.8, 4) is 0 Å². The van der Waals surface area contributed by atoms with E-state index in [-0.39, 0.29) is 18.4 Å². The van der Waals surface area contributed by atoms with Gasteiger partial charge in [0.2, 0.25) is 5.91 Å². The molecule has 18 heavy (non-hydrogen) atoms. The molecule has 4 heteroatoms. The predicted octanol–water partition coefficient (Wildman–Crippen LogP) is 2.59. The first kappa shape index (κ1) is 15.8. The molecule has 2 saturated heterocycles. The first-order valence-electron chi connectivity index (χ1n) is 7.23. The van der Waals surface area contributed by atoms with Gasteiger partial charge in [-0.3, -0.25) is 4.79 Å². The average molecular weight is 275 g/mol. The summed E-state index contributed by atoms with van der Waals surface area (Å²) in [4.78, 5) is 14.5. The van der Waals surface area contributed by atoms with Crippen LogP contribution in [0.3, 0.4) is 0 Å². The number of nitrogens with one attached hydrogen (secondary N) is 1. The lowest BCUT2D eigenvalue weighted by atomic mass is 9.82. The topological polar surface area (TPSA) is 32.3 Å². The maximum Gasteiger partial charge on any atom is 0.239 e. The highest BCUT2D eigenvalue weighted by molar-refractivity contribution is 5.85. The molecule has 0 aromatic carbocycles. The Morgan fingerprint density at radius 2 is 2.06 bits per heavy atom. The number of carbonyl (C=O) groups is 1. The molecular formula is C14H27ClN2O. The van der Waals surface area contributed by atoms with Crippen molar-refractivity contribution in [1.29, 1.82) is 0 Å². The molecule has 2 heterocycles. The molecular weight excluding hydrogens is 248 g/mol. The molecule has 2 aliphatic heterocycles. The van der Waals surface area contributed by atoms with Crippen molar-refractivity contribution in [2.75, 3.05) is 19.6 Å². The van der Waals surface area contributed by atoms with Crippen molar-refractivity contribution in [2.24, 2.45) is 5.41 Å². The monoisotopic (exact) mass is 274 g/mol. The van der Waals surface area contributed by atoms with E-state index in [1.54, 1.807) is 0 Å². The Labute approximate surface area is 117 Å². The second kappa shape index (κ2) is 6.76. The van der Waals surface area contributed by atoms with Crippen LogP contribution in [-0.4, -0.2) is 36.5 Å². The molecule has 0 spiro atoms. The number of hydrogen-bond donors (Lipinski definition) is 1. The van der Waals surface area contributed by atoms with Crippen LogP contribution in [0.15, 0.2) is 0 Å². The molecule has 2 aliphatic rings. The van der Waals surface area contributed by atoms with Crippen molar-refractivity contribution in [2.45, 2.75) is 58.4 Å². The van der Waals surface area contributed by atoms with Crippen LogP contribution in [-0.2, 0) is 4.79 Å². The molecule has 3 nitrogen and oxygen atoms in total. The average Bonchev–Trinajstić information content (AvgIpc) is 2.84. The largest absolute Gasteiger partial charge is 0.341 e. The highest BCUT2D eigenvalue weighted by Gasteiger charge is 2.38. The fraction of sp³-hybridized carbons (Fsp3) is 0.929. The summed E-state index contributed by atoms with van der Waals surface area (Å²) in [5.74, 6) is 0.355. The molecule has 0 aromatic rings. The normalized spacial score (nSPS) is 26.8. The summed E-state index contributed by atoms with van der Waals surface area (Å²) in [6.45, 7) is 7.49. The molecule has 0 unspecified atom stereocenters. The summed E-state index contributed by atoms with van der Waals surface area (Å²) in [5.41, 5.74) is 0.407. The van der Waals surface area contributed by atoms with Gasteiger partial charge in [-0.25, -0.2) is 0 Å². The van der Waals surface area contributed by atoms with Crippen LogP contribution in [0.1, 0.15) is 52.4 Å². The molecule has 0 saturated carbocycles. The second-order valence-electron chi connectivity index (χ2n) is 5.72. The van der Waals surface area contributed by atoms with Gasteiger partial charge in [0.05, 0.1) is 6.04 Å². The maximum absolute atomic E-state index is 12.4. The van der Waals surface area contributed by atoms with E-state index in [2.05, 4.69) is 24.1 Å². The quantitative estimate of drug-likeness (QED) is 0.858. The van der Waals surface area contributed by atoms with Gasteiger partial charge in [0, 0.05) is 13.1 Å². The number of nitrogens with zero attached hydrogens (tertiary/aromatic N) is 1. The van der Waals surface area contributed by atoms with Gasteiger partial charge in [0.25, 0.3) is 0 Å². The van der Waals surface area contributed by atoms with E-state index >= 15 is 0 Å². The van der Waals surface area contributed by atoms with E-state index in [4.69, 9.17) is 0 Å². The van der Waals surface area contributed by atoms with E-state index in [1.165, 1.54) is 32.1 Å². The van der Waals surface area contributed by atoms with E-state index < -0.39 is 0 Å². The third kappa shape index (κ3) is 3.18. The molecule has 0 aliphatic carbocycles. The summed E-state index contributed by atoms with van der Waals surface area (Å²) in [5, 5.41) is 3.37. The smallest absolute Gasteiger partial charge is 0.239 e. The molecule has 2 fully saturated rings. The van der Waals surface area contributed by atoms with Crippen molar-refractivity contribution in [3.05, 3.63) is 0 Å². The van der Waals surface area contributed by atoms with Gasteiger partial charge in [-0.05, 0) is 44.1 Å². The summed E-state index contributed by atoms with van der Waals surface area (Å²) >= 11 is 0. The number of likely N-dealkylation sites (tertiary alicyclic amines) is 1. The Balaban J connectivity index is 0.00000162. The van der Waals surface area contributed by atoms with Crippen molar-refractivity contribution < 1.29 is 4.79 Å². The summed E-state index contributed by atoms with van der Waals surface area (Å²) in [6.07, 6.45) is 7.04. The van der Waals surface area contributed by atoms with Crippen molar-refractivity contribution in [3.63, 3.8) is 0 Å². The fourth-order valence-corrected chi connectivity index (χ4v) is 3.23. The Morgan fingerprint density at radius 1 is 1.33 bits per heavy atom. The molecule has 0 aromatic heterocycles. The van der Waals surface area contributed by atoms with Gasteiger partial charge in [0.15, 0.2) is 0 Å². The van der Waals surface area contributed by atoms with Gasteiger partial charge in [-0.15, -0.1) is 12.4 Å². The zero-order chi connectivity index (χ0) is 12.3. The minimum atomic E-state index is 0. The fourth-order valence-electron chi connectivity index (χ4n) is 3.23. The Morgan fingerprint density at radius 3 is 2.56 bits per heavy atom. The number of rotatable bonds is 3. The first-order valence-corrected chi connectivity index (χ1v) is 7.23. The lowest BCUT2D eigenvalue weighted by Gasteiger charge is -2.30. The number of piperidine rings is 1. The number of halogens is 1. The number of hydrogen-bond acceptors (Lipinski definition) is 2.